The van der Waals surface area contributed by atoms with Crippen molar-refractivity contribution in [2.75, 3.05) is 13.2 Å². The number of rotatable bonds is 56. The molecule has 0 rings (SSSR count). The topological polar surface area (TPSA) is 78.9 Å². The molecule has 6 heteroatoms. The number of hydrogen-bond acceptors (Lipinski definition) is 6. The van der Waals surface area contributed by atoms with Crippen molar-refractivity contribution in [1.82, 2.24) is 0 Å². The molecular weight excluding hydrogens is 973 g/mol. The number of carbonyl (C=O) groups is 3. The van der Waals surface area contributed by atoms with Crippen LogP contribution in [0, 0.1) is 0 Å². The molecule has 0 aliphatic rings. The molecule has 0 N–H and O–H groups in total. The zero-order valence-corrected chi connectivity index (χ0v) is 50.8. The van der Waals surface area contributed by atoms with Crippen molar-refractivity contribution in [3.8, 4) is 0 Å². The summed E-state index contributed by atoms with van der Waals surface area (Å²) in [5, 5.41) is 0. The lowest BCUT2D eigenvalue weighted by Crippen LogP contribution is -2.30. The second kappa shape index (κ2) is 65.5. The van der Waals surface area contributed by atoms with Gasteiger partial charge in [0.1, 0.15) is 13.2 Å². The maximum atomic E-state index is 12.9. The van der Waals surface area contributed by atoms with Crippen LogP contribution < -0.4 is 0 Å². The Kier molecular flexibility index (Phi) is 61.4. The number of allylic oxidation sites excluding steroid dienone is 25. The second-order valence-electron chi connectivity index (χ2n) is 20.6. The van der Waals surface area contributed by atoms with Crippen molar-refractivity contribution in [1.29, 1.82) is 0 Å². The van der Waals surface area contributed by atoms with Gasteiger partial charge in [-0.05, 0) is 128 Å². The molecule has 0 saturated carbocycles. The van der Waals surface area contributed by atoms with E-state index in [1.165, 1.54) is 89.9 Å². The van der Waals surface area contributed by atoms with E-state index in [4.69, 9.17) is 14.2 Å². The summed E-state index contributed by atoms with van der Waals surface area (Å²) in [6.07, 6.45) is 95.6. The van der Waals surface area contributed by atoms with Crippen LogP contribution in [0.3, 0.4) is 0 Å². The minimum absolute atomic E-state index is 0.116. The van der Waals surface area contributed by atoms with Gasteiger partial charge in [-0.3, -0.25) is 14.4 Å². The molecule has 79 heavy (non-hydrogen) atoms. The fourth-order valence-electron chi connectivity index (χ4n) is 8.31. The Bertz CT molecular complexity index is 1780. The number of ether oxygens (including phenoxy) is 3. The average Bonchev–Trinajstić information content (AvgIpc) is 3.45. The highest BCUT2D eigenvalue weighted by molar-refractivity contribution is 5.72. The van der Waals surface area contributed by atoms with Crippen LogP contribution in [-0.4, -0.2) is 37.2 Å². The highest BCUT2D eigenvalue weighted by atomic mass is 16.6. The molecule has 0 radical (unpaired) electrons. The Labute approximate surface area is 486 Å². The lowest BCUT2D eigenvalue weighted by molar-refractivity contribution is -0.166. The summed E-state index contributed by atoms with van der Waals surface area (Å²) in [6.45, 7) is 6.30. The first-order valence-electron chi connectivity index (χ1n) is 32.0. The van der Waals surface area contributed by atoms with Gasteiger partial charge in [-0.2, -0.15) is 0 Å². The normalized spacial score (nSPS) is 13.2. The lowest BCUT2D eigenvalue weighted by atomic mass is 10.1. The van der Waals surface area contributed by atoms with E-state index in [0.717, 1.165) is 135 Å². The Hall–Kier alpha value is -4.97. The summed E-state index contributed by atoms with van der Waals surface area (Å²) in [5.74, 6) is -1.08. The minimum Gasteiger partial charge on any atom is -0.462 e. The average molecular weight is 1090 g/mol. The van der Waals surface area contributed by atoms with Gasteiger partial charge >= 0.3 is 17.9 Å². The van der Waals surface area contributed by atoms with Crippen LogP contribution in [-0.2, 0) is 28.6 Å². The van der Waals surface area contributed by atoms with Crippen molar-refractivity contribution >= 4 is 17.9 Å². The van der Waals surface area contributed by atoms with Crippen molar-refractivity contribution in [3.05, 3.63) is 158 Å². The van der Waals surface area contributed by atoms with E-state index in [-0.39, 0.29) is 31.6 Å². The van der Waals surface area contributed by atoms with Crippen LogP contribution in [0.1, 0.15) is 265 Å². The first-order chi connectivity index (χ1) is 39.0. The molecule has 0 heterocycles. The number of unbranched alkanes of at least 4 members (excludes halogenated alkanes) is 20. The number of carbonyl (C=O) groups excluding carboxylic acids is 3. The first kappa shape index (κ1) is 74.0. The van der Waals surface area contributed by atoms with Crippen molar-refractivity contribution in [2.45, 2.75) is 271 Å². The first-order valence-corrected chi connectivity index (χ1v) is 32.0. The number of hydrogen-bond donors (Lipinski definition) is 0. The minimum atomic E-state index is -0.836. The Morgan fingerprint density at radius 1 is 0.278 bits per heavy atom. The Morgan fingerprint density at radius 2 is 0.544 bits per heavy atom. The summed E-state index contributed by atoms with van der Waals surface area (Å²) in [6, 6.07) is 0. The lowest BCUT2D eigenvalue weighted by Gasteiger charge is -2.18. The molecule has 0 aromatic heterocycles. The SMILES string of the molecule is CC/C=C\C/C=C\C/C=C\C/C=C\C/C=C\C/C=C\C/C=C\CCCCCCCC(=O)OCC(COC(=O)C/C=C\C/C=C\C/C=C\C/C=C\C/C=C\CC)OC(=O)CCCCCCCCCCC/C=C\CCCCCCCC. The predicted octanol–water partition coefficient (Wildman–Crippen LogP) is 22.1. The molecule has 6 nitrogen and oxygen atoms in total. The highest BCUT2D eigenvalue weighted by Gasteiger charge is 2.19. The van der Waals surface area contributed by atoms with Gasteiger partial charge < -0.3 is 14.2 Å². The summed E-state index contributed by atoms with van der Waals surface area (Å²) in [4.78, 5) is 38.3. The van der Waals surface area contributed by atoms with Crippen molar-refractivity contribution < 1.29 is 28.6 Å². The fraction of sp³-hybridized carbons (Fsp3) is 0.603. The third-order valence-electron chi connectivity index (χ3n) is 13.0. The van der Waals surface area contributed by atoms with Gasteiger partial charge in [0, 0.05) is 12.8 Å². The summed E-state index contributed by atoms with van der Waals surface area (Å²) < 4.78 is 16.8. The van der Waals surface area contributed by atoms with Gasteiger partial charge in [-0.15, -0.1) is 0 Å². The largest absolute Gasteiger partial charge is 0.462 e. The smallest absolute Gasteiger partial charge is 0.309 e. The fourth-order valence-corrected chi connectivity index (χ4v) is 8.31. The molecule has 444 valence electrons. The summed E-state index contributed by atoms with van der Waals surface area (Å²) in [7, 11) is 0. The van der Waals surface area contributed by atoms with E-state index in [1.54, 1.807) is 6.08 Å². The van der Waals surface area contributed by atoms with E-state index >= 15 is 0 Å². The molecule has 0 fully saturated rings. The third kappa shape index (κ3) is 63.7. The van der Waals surface area contributed by atoms with Gasteiger partial charge in [0.05, 0.1) is 6.42 Å². The Morgan fingerprint density at radius 3 is 0.899 bits per heavy atom. The molecule has 1 unspecified atom stereocenters. The van der Waals surface area contributed by atoms with Crippen LogP contribution in [0.15, 0.2) is 158 Å². The van der Waals surface area contributed by atoms with Gasteiger partial charge in [-0.1, -0.05) is 275 Å². The molecule has 1 atom stereocenters. The zero-order valence-electron chi connectivity index (χ0n) is 50.8. The highest BCUT2D eigenvalue weighted by Crippen LogP contribution is 2.14. The number of esters is 3. The molecular formula is C73H116O6. The predicted molar refractivity (Wildman–Crippen MR) is 343 cm³/mol. The van der Waals surface area contributed by atoms with Gasteiger partial charge in [0.15, 0.2) is 6.10 Å². The molecule has 0 aromatic rings. The van der Waals surface area contributed by atoms with Gasteiger partial charge in [0.2, 0.25) is 0 Å². The summed E-state index contributed by atoms with van der Waals surface area (Å²) in [5.41, 5.74) is 0. The van der Waals surface area contributed by atoms with E-state index in [2.05, 4.69) is 167 Å². The van der Waals surface area contributed by atoms with Crippen molar-refractivity contribution in [2.24, 2.45) is 0 Å². The van der Waals surface area contributed by atoms with Crippen LogP contribution in [0.25, 0.3) is 0 Å². The third-order valence-corrected chi connectivity index (χ3v) is 13.0. The molecule has 0 spiro atoms. The quantitative estimate of drug-likeness (QED) is 0.0261. The summed E-state index contributed by atoms with van der Waals surface area (Å²) >= 11 is 0. The maximum Gasteiger partial charge on any atom is 0.309 e. The van der Waals surface area contributed by atoms with Crippen LogP contribution in [0.5, 0.6) is 0 Å². The van der Waals surface area contributed by atoms with Gasteiger partial charge in [0.25, 0.3) is 0 Å². The zero-order chi connectivity index (χ0) is 57.1. The molecule has 0 aliphatic heterocycles. The van der Waals surface area contributed by atoms with E-state index < -0.39 is 12.1 Å². The van der Waals surface area contributed by atoms with E-state index in [1.807, 2.05) is 6.08 Å². The molecule has 0 amide bonds. The van der Waals surface area contributed by atoms with E-state index in [9.17, 15) is 14.4 Å². The van der Waals surface area contributed by atoms with Crippen LogP contribution >= 0.6 is 0 Å². The van der Waals surface area contributed by atoms with Crippen molar-refractivity contribution in [3.63, 3.8) is 0 Å². The van der Waals surface area contributed by atoms with E-state index in [0.29, 0.717) is 12.8 Å². The molecule has 0 saturated heterocycles. The standard InChI is InChI=1S/C73H116O6/c1-4-7-10-13-16-19-22-25-28-30-32-33-34-35-36-37-38-39-41-42-45-48-51-54-57-60-63-66-72(75)78-69-70(68-77-71(74)65-62-59-56-53-50-47-44-27-24-21-18-15-12-9-6-3)79-73(76)67-64-61-58-55-52-49-46-43-40-31-29-26-23-20-17-14-11-8-5-2/h7,9-10,12,16,18-19,21,25-29,32-33,35-36,38-39,42,44-45,50,53,59,62,70H,4-6,8,11,13-15,17,20,22-24,30-31,34,37,40-41,43,46-49,51-52,54-58,60-61,63-69H2,1-3H3/b10-7-,12-9-,19-16-,21-18-,28-25-,29-26-,33-32-,36-35-,39-38-,44-27-,45-42-,53-50-,62-59-. The maximum absolute atomic E-state index is 12.9. The monoisotopic (exact) mass is 1090 g/mol. The van der Waals surface area contributed by atoms with Crippen LogP contribution in [0.4, 0.5) is 0 Å². The van der Waals surface area contributed by atoms with Crippen LogP contribution in [0.2, 0.25) is 0 Å². The Balaban J connectivity index is 4.49. The molecule has 0 aromatic carbocycles. The second-order valence-corrected chi connectivity index (χ2v) is 20.6. The van der Waals surface area contributed by atoms with Gasteiger partial charge in [-0.25, -0.2) is 0 Å². The molecule has 0 bridgehead atoms. The molecule has 0 aliphatic carbocycles.